The summed E-state index contributed by atoms with van der Waals surface area (Å²) in [6.07, 6.45) is 4.36. The van der Waals surface area contributed by atoms with E-state index in [1.807, 2.05) is 30.5 Å². The zero-order valence-corrected chi connectivity index (χ0v) is 10.1. The summed E-state index contributed by atoms with van der Waals surface area (Å²) in [4.78, 5) is 0. The van der Waals surface area contributed by atoms with E-state index in [2.05, 4.69) is 5.10 Å². The van der Waals surface area contributed by atoms with Crippen molar-refractivity contribution >= 4 is 11.6 Å². The maximum Gasteiger partial charge on any atom is 0.157 e. The van der Waals surface area contributed by atoms with Gasteiger partial charge in [0, 0.05) is 5.02 Å². The minimum Gasteiger partial charge on any atom is -0.490 e. The fourth-order valence-electron chi connectivity index (χ4n) is 1.39. The fourth-order valence-corrected chi connectivity index (χ4v) is 1.52. The average Bonchev–Trinajstić information content (AvgIpc) is 2.79. The normalized spacial score (nSPS) is 10.5. The molecule has 0 spiro atoms. The van der Waals surface area contributed by atoms with Gasteiger partial charge in [-0.15, -0.1) is 0 Å². The van der Waals surface area contributed by atoms with Gasteiger partial charge < -0.3 is 10.5 Å². The maximum absolute atomic E-state index is 5.82. The van der Waals surface area contributed by atoms with E-state index >= 15 is 0 Å². The molecular weight excluding hydrogens is 238 g/mol. The highest BCUT2D eigenvalue weighted by molar-refractivity contribution is 6.30. The van der Waals surface area contributed by atoms with Crippen LogP contribution in [-0.4, -0.2) is 22.9 Å². The number of rotatable bonds is 5. The Bertz CT molecular complexity index is 467. The van der Waals surface area contributed by atoms with E-state index in [1.165, 1.54) is 0 Å². The van der Waals surface area contributed by atoms with Crippen LogP contribution >= 0.6 is 11.6 Å². The minimum absolute atomic E-state index is 0.614. The van der Waals surface area contributed by atoms with Gasteiger partial charge in [0.15, 0.2) is 5.75 Å². The summed E-state index contributed by atoms with van der Waals surface area (Å²) in [7, 11) is 0. The van der Waals surface area contributed by atoms with Crippen LogP contribution in [0.2, 0.25) is 5.02 Å². The molecule has 1 heterocycles. The Morgan fingerprint density at radius 1 is 1.29 bits per heavy atom. The Labute approximate surface area is 105 Å². The van der Waals surface area contributed by atoms with Crippen molar-refractivity contribution in [2.75, 3.05) is 13.2 Å². The van der Waals surface area contributed by atoms with Gasteiger partial charge in [0.05, 0.1) is 24.7 Å². The van der Waals surface area contributed by atoms with E-state index in [-0.39, 0.29) is 0 Å². The number of hydrogen-bond donors (Lipinski definition) is 1. The van der Waals surface area contributed by atoms with Gasteiger partial charge in [-0.05, 0) is 37.2 Å². The highest BCUT2D eigenvalue weighted by atomic mass is 35.5. The summed E-state index contributed by atoms with van der Waals surface area (Å²) >= 11 is 5.82. The van der Waals surface area contributed by atoms with Crippen molar-refractivity contribution in [1.82, 2.24) is 9.78 Å². The molecular formula is C12H14ClN3O. The molecule has 2 N–H and O–H groups in total. The summed E-state index contributed by atoms with van der Waals surface area (Å²) in [6, 6.07) is 7.46. The predicted octanol–water partition coefficient (Wildman–Crippen LogP) is 2.25. The van der Waals surface area contributed by atoms with Crippen LogP contribution in [0.4, 0.5) is 0 Å². The van der Waals surface area contributed by atoms with Crippen molar-refractivity contribution in [1.29, 1.82) is 0 Å². The van der Waals surface area contributed by atoms with Crippen LogP contribution < -0.4 is 10.5 Å². The molecule has 2 aromatic rings. The number of hydrogen-bond acceptors (Lipinski definition) is 3. The third kappa shape index (κ3) is 3.22. The van der Waals surface area contributed by atoms with E-state index in [1.54, 1.807) is 10.9 Å². The van der Waals surface area contributed by atoms with Crippen LogP contribution in [0.3, 0.4) is 0 Å². The molecule has 1 aromatic carbocycles. The molecule has 1 aromatic heterocycles. The number of ether oxygens (including phenoxy) is 1. The molecule has 90 valence electrons. The summed E-state index contributed by atoms with van der Waals surface area (Å²) in [5, 5.41) is 4.92. The summed E-state index contributed by atoms with van der Waals surface area (Å²) < 4.78 is 7.23. The van der Waals surface area contributed by atoms with Crippen molar-refractivity contribution in [2.45, 2.75) is 6.42 Å². The van der Waals surface area contributed by atoms with Crippen LogP contribution in [-0.2, 0) is 0 Å². The minimum atomic E-state index is 0.614. The summed E-state index contributed by atoms with van der Waals surface area (Å²) in [5.74, 6) is 0.744. The van der Waals surface area contributed by atoms with Gasteiger partial charge in [0.25, 0.3) is 0 Å². The number of benzene rings is 1. The first-order valence-electron chi connectivity index (χ1n) is 5.43. The Hall–Kier alpha value is -1.52. The van der Waals surface area contributed by atoms with Crippen molar-refractivity contribution < 1.29 is 4.74 Å². The Balaban J connectivity index is 2.04. The molecule has 0 saturated carbocycles. The Kier molecular flexibility index (Phi) is 4.01. The lowest BCUT2D eigenvalue weighted by molar-refractivity contribution is 0.313. The largest absolute Gasteiger partial charge is 0.490 e. The van der Waals surface area contributed by atoms with Crippen molar-refractivity contribution in [3.63, 3.8) is 0 Å². The molecule has 5 heteroatoms. The third-order valence-electron chi connectivity index (χ3n) is 2.27. The van der Waals surface area contributed by atoms with Crippen LogP contribution in [0, 0.1) is 0 Å². The number of nitrogens with two attached hydrogens (primary N) is 1. The molecule has 0 fully saturated rings. The second-order valence-corrected chi connectivity index (χ2v) is 4.02. The number of aromatic nitrogens is 2. The number of halogens is 1. The van der Waals surface area contributed by atoms with E-state index in [0.717, 1.165) is 17.9 Å². The van der Waals surface area contributed by atoms with E-state index in [9.17, 15) is 0 Å². The van der Waals surface area contributed by atoms with Gasteiger partial charge in [-0.1, -0.05) is 11.6 Å². The second kappa shape index (κ2) is 5.70. The number of nitrogens with zero attached hydrogens (tertiary/aromatic N) is 2. The molecule has 0 aliphatic carbocycles. The molecule has 0 atom stereocenters. The lowest BCUT2D eigenvalue weighted by Crippen LogP contribution is -2.05. The fraction of sp³-hybridized carbons (Fsp3) is 0.250. The van der Waals surface area contributed by atoms with Crippen molar-refractivity contribution in [2.24, 2.45) is 5.73 Å². The first-order valence-corrected chi connectivity index (χ1v) is 5.81. The molecule has 0 radical (unpaired) electrons. The SMILES string of the molecule is NCCCOc1cnn(-c2ccc(Cl)cc2)c1. The van der Waals surface area contributed by atoms with Gasteiger partial charge in [-0.2, -0.15) is 5.10 Å². The molecule has 0 unspecified atom stereocenters. The van der Waals surface area contributed by atoms with Gasteiger partial charge >= 0.3 is 0 Å². The first kappa shape index (κ1) is 12.0. The molecule has 4 nitrogen and oxygen atoms in total. The maximum atomic E-state index is 5.82. The quantitative estimate of drug-likeness (QED) is 0.830. The molecule has 0 aliphatic rings. The summed E-state index contributed by atoms with van der Waals surface area (Å²) in [6.45, 7) is 1.24. The van der Waals surface area contributed by atoms with Crippen molar-refractivity contribution in [3.8, 4) is 11.4 Å². The Morgan fingerprint density at radius 3 is 2.76 bits per heavy atom. The lowest BCUT2D eigenvalue weighted by atomic mass is 10.3. The lowest BCUT2D eigenvalue weighted by Gasteiger charge is -2.01. The second-order valence-electron chi connectivity index (χ2n) is 3.59. The Morgan fingerprint density at radius 2 is 2.06 bits per heavy atom. The average molecular weight is 252 g/mol. The van der Waals surface area contributed by atoms with E-state index in [4.69, 9.17) is 22.1 Å². The topological polar surface area (TPSA) is 53.1 Å². The molecule has 2 rings (SSSR count). The van der Waals surface area contributed by atoms with Gasteiger partial charge in [0.2, 0.25) is 0 Å². The zero-order valence-electron chi connectivity index (χ0n) is 9.34. The monoisotopic (exact) mass is 251 g/mol. The predicted molar refractivity (Wildman–Crippen MR) is 67.7 cm³/mol. The molecule has 0 aliphatic heterocycles. The van der Waals surface area contributed by atoms with Crippen LogP contribution in [0.25, 0.3) is 5.69 Å². The van der Waals surface area contributed by atoms with Crippen LogP contribution in [0.15, 0.2) is 36.7 Å². The highest BCUT2D eigenvalue weighted by Crippen LogP contribution is 2.16. The first-order chi connectivity index (χ1) is 8.29. The van der Waals surface area contributed by atoms with Gasteiger partial charge in [0.1, 0.15) is 0 Å². The van der Waals surface area contributed by atoms with E-state index < -0.39 is 0 Å². The van der Waals surface area contributed by atoms with E-state index in [0.29, 0.717) is 18.2 Å². The zero-order chi connectivity index (χ0) is 12.1. The smallest absolute Gasteiger partial charge is 0.157 e. The highest BCUT2D eigenvalue weighted by Gasteiger charge is 2.01. The van der Waals surface area contributed by atoms with Crippen LogP contribution in [0.1, 0.15) is 6.42 Å². The third-order valence-corrected chi connectivity index (χ3v) is 2.52. The van der Waals surface area contributed by atoms with Crippen molar-refractivity contribution in [3.05, 3.63) is 41.7 Å². The standard InChI is InChI=1S/C12H14ClN3O/c13-10-2-4-11(5-3-10)16-9-12(8-15-16)17-7-1-6-14/h2-5,8-9H,1,6-7,14H2. The molecule has 0 bridgehead atoms. The summed E-state index contributed by atoms with van der Waals surface area (Å²) in [5.41, 5.74) is 6.34. The molecule has 17 heavy (non-hydrogen) atoms. The van der Waals surface area contributed by atoms with Crippen LogP contribution in [0.5, 0.6) is 5.75 Å². The molecule has 0 saturated heterocycles. The van der Waals surface area contributed by atoms with Gasteiger partial charge in [-0.3, -0.25) is 0 Å². The molecule has 0 amide bonds. The van der Waals surface area contributed by atoms with Gasteiger partial charge in [-0.25, -0.2) is 4.68 Å².